The largest absolute Gasteiger partial charge is 0.399 e. The van der Waals surface area contributed by atoms with Crippen molar-refractivity contribution in [3.05, 3.63) is 29.8 Å². The van der Waals surface area contributed by atoms with Gasteiger partial charge in [-0.3, -0.25) is 4.79 Å². The average Bonchev–Trinajstić information content (AvgIpc) is 2.94. The van der Waals surface area contributed by atoms with Gasteiger partial charge in [-0.05, 0) is 105 Å². The SMILES string of the molecule is C[C@@]1(O)CC[C@@]2(C)[C@@H](CC[C@@H]3[C@@H]2CC[C@]2(C)C(=O)C(c4ccc(N)cc4)C[C@@H]32)C1. The minimum Gasteiger partial charge on any atom is -0.399 e. The maximum absolute atomic E-state index is 13.6. The lowest BCUT2D eigenvalue weighted by molar-refractivity contribution is -0.151. The number of ketones is 1. The molecule has 0 aromatic heterocycles. The Kier molecular flexibility index (Phi) is 4.28. The number of carbonyl (C=O) groups excluding carboxylic acids is 1. The molecule has 4 saturated carbocycles. The van der Waals surface area contributed by atoms with Crippen LogP contribution < -0.4 is 5.73 Å². The first-order chi connectivity index (χ1) is 13.6. The van der Waals surface area contributed by atoms with E-state index in [4.69, 9.17) is 5.73 Å². The highest BCUT2D eigenvalue weighted by Crippen LogP contribution is 2.67. The van der Waals surface area contributed by atoms with Crippen LogP contribution in [0.15, 0.2) is 24.3 Å². The molecule has 3 heteroatoms. The van der Waals surface area contributed by atoms with E-state index in [1.807, 2.05) is 19.1 Å². The van der Waals surface area contributed by atoms with Crippen molar-refractivity contribution in [3.8, 4) is 0 Å². The minimum atomic E-state index is -0.482. The summed E-state index contributed by atoms with van der Waals surface area (Å²) < 4.78 is 0. The summed E-state index contributed by atoms with van der Waals surface area (Å²) in [5, 5.41) is 10.7. The fraction of sp³-hybridized carbons (Fsp3) is 0.731. The van der Waals surface area contributed by atoms with Gasteiger partial charge in [-0.15, -0.1) is 0 Å². The van der Waals surface area contributed by atoms with Crippen LogP contribution in [0.2, 0.25) is 0 Å². The summed E-state index contributed by atoms with van der Waals surface area (Å²) in [6.07, 6.45) is 8.74. The molecular formula is C26H37NO2. The molecule has 1 aromatic carbocycles. The molecule has 0 saturated heterocycles. The van der Waals surface area contributed by atoms with Gasteiger partial charge < -0.3 is 10.8 Å². The van der Waals surface area contributed by atoms with Gasteiger partial charge in [0.25, 0.3) is 0 Å². The Morgan fingerprint density at radius 1 is 0.966 bits per heavy atom. The summed E-state index contributed by atoms with van der Waals surface area (Å²) in [5.74, 6) is 3.05. The number of hydrogen-bond donors (Lipinski definition) is 2. The van der Waals surface area contributed by atoms with E-state index in [2.05, 4.69) is 26.0 Å². The van der Waals surface area contributed by atoms with Crippen LogP contribution >= 0.6 is 0 Å². The van der Waals surface area contributed by atoms with E-state index in [1.165, 1.54) is 19.3 Å². The molecule has 0 heterocycles. The molecule has 4 fully saturated rings. The van der Waals surface area contributed by atoms with Crippen LogP contribution in [0.3, 0.4) is 0 Å². The zero-order valence-electron chi connectivity index (χ0n) is 18.3. The van der Waals surface area contributed by atoms with Crippen LogP contribution in [0.25, 0.3) is 0 Å². The van der Waals surface area contributed by atoms with Gasteiger partial charge >= 0.3 is 0 Å². The standard InChI is InChI=1S/C26H37NO2/c1-24(29)12-13-25(2)17(15-24)6-9-19-21(25)10-11-26(3)22(19)14-20(23(26)28)16-4-7-18(27)8-5-16/h4-5,7-8,17,19-22,29H,6,9-15,27H2,1-3H3/t17-,19+,20?,21-,22-,24+,25-,26-/m0/s1. The first kappa shape index (κ1) is 19.6. The van der Waals surface area contributed by atoms with Crippen LogP contribution in [0.4, 0.5) is 5.69 Å². The van der Waals surface area contributed by atoms with Crippen molar-refractivity contribution < 1.29 is 9.90 Å². The summed E-state index contributed by atoms with van der Waals surface area (Å²) in [6.45, 7) is 6.82. The van der Waals surface area contributed by atoms with Crippen molar-refractivity contribution in [1.82, 2.24) is 0 Å². The number of rotatable bonds is 1. The molecular weight excluding hydrogens is 358 g/mol. The second-order valence-electron chi connectivity index (χ2n) is 11.6. The average molecular weight is 396 g/mol. The monoisotopic (exact) mass is 395 g/mol. The number of nitrogen functional groups attached to an aromatic ring is 1. The Morgan fingerprint density at radius 3 is 2.41 bits per heavy atom. The second kappa shape index (κ2) is 6.33. The number of hydrogen-bond acceptors (Lipinski definition) is 3. The topological polar surface area (TPSA) is 63.3 Å². The molecule has 5 rings (SSSR count). The lowest BCUT2D eigenvalue weighted by Crippen LogP contribution is -2.55. The van der Waals surface area contributed by atoms with E-state index in [0.717, 1.165) is 43.4 Å². The zero-order chi connectivity index (χ0) is 20.6. The Labute approximate surface area is 175 Å². The van der Waals surface area contributed by atoms with Gasteiger partial charge in [0, 0.05) is 17.0 Å². The molecule has 1 aromatic rings. The van der Waals surface area contributed by atoms with Gasteiger partial charge in [0.05, 0.1) is 5.60 Å². The molecule has 0 aliphatic heterocycles. The summed E-state index contributed by atoms with van der Waals surface area (Å²) in [7, 11) is 0. The second-order valence-corrected chi connectivity index (χ2v) is 11.6. The molecule has 4 aliphatic carbocycles. The third-order valence-corrected chi connectivity index (χ3v) is 10.1. The third kappa shape index (κ3) is 2.83. The van der Waals surface area contributed by atoms with Gasteiger partial charge in [-0.25, -0.2) is 0 Å². The van der Waals surface area contributed by atoms with E-state index in [9.17, 15) is 9.90 Å². The van der Waals surface area contributed by atoms with Crippen LogP contribution in [-0.4, -0.2) is 16.5 Å². The highest BCUT2D eigenvalue weighted by atomic mass is 16.3. The molecule has 3 nitrogen and oxygen atoms in total. The van der Waals surface area contributed by atoms with E-state index in [0.29, 0.717) is 34.9 Å². The fourth-order valence-electron chi connectivity index (χ4n) is 8.27. The lowest BCUT2D eigenvalue weighted by atomic mass is 9.44. The summed E-state index contributed by atoms with van der Waals surface area (Å²) in [6, 6.07) is 8.01. The zero-order valence-corrected chi connectivity index (χ0v) is 18.3. The van der Waals surface area contributed by atoms with Crippen molar-refractivity contribution in [2.75, 3.05) is 5.73 Å². The van der Waals surface area contributed by atoms with Crippen molar-refractivity contribution >= 4 is 11.5 Å². The molecule has 1 unspecified atom stereocenters. The van der Waals surface area contributed by atoms with Gasteiger partial charge in [-0.1, -0.05) is 26.0 Å². The number of Topliss-reactive ketones (excluding diaryl/α,β-unsaturated/α-hetero) is 1. The number of fused-ring (bicyclic) bond motifs is 5. The molecule has 3 N–H and O–H groups in total. The van der Waals surface area contributed by atoms with Crippen LogP contribution in [0, 0.1) is 34.5 Å². The van der Waals surface area contributed by atoms with Crippen LogP contribution in [0.5, 0.6) is 0 Å². The fourth-order valence-corrected chi connectivity index (χ4v) is 8.27. The first-order valence-corrected chi connectivity index (χ1v) is 11.8. The lowest BCUT2D eigenvalue weighted by Gasteiger charge is -2.61. The Bertz CT molecular complexity index is 815. The van der Waals surface area contributed by atoms with E-state index in [1.54, 1.807) is 0 Å². The molecule has 4 aliphatic rings. The molecule has 29 heavy (non-hydrogen) atoms. The van der Waals surface area contributed by atoms with Crippen molar-refractivity contribution in [2.24, 2.45) is 34.5 Å². The number of benzene rings is 1. The van der Waals surface area contributed by atoms with Gasteiger partial charge in [0.15, 0.2) is 0 Å². The third-order valence-electron chi connectivity index (χ3n) is 10.1. The highest BCUT2D eigenvalue weighted by Gasteiger charge is 2.62. The first-order valence-electron chi connectivity index (χ1n) is 11.8. The molecule has 0 amide bonds. The minimum absolute atomic E-state index is 0.0435. The van der Waals surface area contributed by atoms with Crippen LogP contribution in [0.1, 0.15) is 83.6 Å². The predicted octanol–water partition coefficient (Wildman–Crippen LogP) is 5.33. The maximum atomic E-state index is 13.6. The number of nitrogens with two attached hydrogens (primary N) is 1. The number of anilines is 1. The normalized spacial score (nSPS) is 49.2. The number of aliphatic hydroxyl groups is 1. The quantitative estimate of drug-likeness (QED) is 0.632. The van der Waals surface area contributed by atoms with Crippen molar-refractivity contribution in [3.63, 3.8) is 0 Å². The molecule has 0 spiro atoms. The van der Waals surface area contributed by atoms with Gasteiger partial charge in [-0.2, -0.15) is 0 Å². The molecule has 0 radical (unpaired) electrons. The summed E-state index contributed by atoms with van der Waals surface area (Å²) in [4.78, 5) is 13.6. The van der Waals surface area contributed by atoms with E-state index >= 15 is 0 Å². The predicted molar refractivity (Wildman–Crippen MR) is 116 cm³/mol. The summed E-state index contributed by atoms with van der Waals surface area (Å²) in [5.41, 5.74) is 7.51. The van der Waals surface area contributed by atoms with Crippen molar-refractivity contribution in [2.45, 2.75) is 83.7 Å². The highest BCUT2D eigenvalue weighted by molar-refractivity contribution is 5.93. The van der Waals surface area contributed by atoms with E-state index in [-0.39, 0.29) is 11.3 Å². The van der Waals surface area contributed by atoms with Crippen LogP contribution in [-0.2, 0) is 4.79 Å². The van der Waals surface area contributed by atoms with Gasteiger partial charge in [0.2, 0.25) is 0 Å². The Morgan fingerprint density at radius 2 is 1.69 bits per heavy atom. The molecule has 8 atom stereocenters. The summed E-state index contributed by atoms with van der Waals surface area (Å²) >= 11 is 0. The molecule has 158 valence electrons. The maximum Gasteiger partial charge on any atom is 0.146 e. The van der Waals surface area contributed by atoms with E-state index < -0.39 is 5.60 Å². The van der Waals surface area contributed by atoms with Crippen molar-refractivity contribution in [1.29, 1.82) is 0 Å². The Hall–Kier alpha value is -1.35. The number of carbonyl (C=O) groups is 1. The smallest absolute Gasteiger partial charge is 0.146 e. The Balaban J connectivity index is 1.44. The van der Waals surface area contributed by atoms with Gasteiger partial charge in [0.1, 0.15) is 5.78 Å². The molecule has 0 bridgehead atoms.